The third-order valence-electron chi connectivity index (χ3n) is 3.52. The first-order valence-electron chi connectivity index (χ1n) is 6.16. The van der Waals surface area contributed by atoms with Crippen LogP contribution in [0.1, 0.15) is 13.3 Å². The first-order chi connectivity index (χ1) is 9.23. The zero-order chi connectivity index (χ0) is 15.1. The van der Waals surface area contributed by atoms with Crippen molar-refractivity contribution in [3.8, 4) is 0 Å². The maximum absolute atomic E-state index is 12.6. The smallest absolute Gasteiger partial charge is 0.244 e. The topological polar surface area (TPSA) is 83.6 Å². The Bertz CT molecular complexity index is 621. The number of anilines is 1. The molecule has 2 rings (SSSR count). The molecule has 0 saturated carbocycles. The highest BCUT2D eigenvalue weighted by atomic mass is 79.9. The minimum atomic E-state index is -3.67. The molecule has 8 heteroatoms. The molecule has 2 unspecified atom stereocenters. The van der Waals surface area contributed by atoms with Crippen molar-refractivity contribution in [3.05, 3.63) is 21.6 Å². The third-order valence-corrected chi connectivity index (χ3v) is 6.77. The Morgan fingerprint density at radius 3 is 2.75 bits per heavy atom. The molecule has 0 radical (unpaired) electrons. The maximum atomic E-state index is 12.6. The molecule has 1 aromatic rings. The van der Waals surface area contributed by atoms with Crippen molar-refractivity contribution >= 4 is 43.2 Å². The van der Waals surface area contributed by atoms with Crippen molar-refractivity contribution in [2.75, 3.05) is 18.8 Å². The molecule has 1 saturated heterocycles. The van der Waals surface area contributed by atoms with E-state index in [-0.39, 0.29) is 21.5 Å². The molecule has 0 amide bonds. The van der Waals surface area contributed by atoms with Gasteiger partial charge in [0.2, 0.25) is 10.0 Å². The van der Waals surface area contributed by atoms with Crippen molar-refractivity contribution < 1.29 is 13.5 Å². The van der Waals surface area contributed by atoms with Crippen LogP contribution >= 0.6 is 27.5 Å². The summed E-state index contributed by atoms with van der Waals surface area (Å²) in [6, 6.07) is 2.88. The molecule has 0 spiro atoms. The largest absolute Gasteiger partial charge is 0.398 e. The fraction of sp³-hybridized carbons (Fsp3) is 0.500. The van der Waals surface area contributed by atoms with Gasteiger partial charge in [0.25, 0.3) is 0 Å². The number of aliphatic hydroxyl groups is 1. The van der Waals surface area contributed by atoms with Crippen LogP contribution in [0.3, 0.4) is 0 Å². The number of nitrogens with zero attached hydrogens (tertiary/aromatic N) is 1. The fourth-order valence-electron chi connectivity index (χ4n) is 2.28. The van der Waals surface area contributed by atoms with Crippen LogP contribution in [0.15, 0.2) is 21.5 Å². The summed E-state index contributed by atoms with van der Waals surface area (Å²) in [5.41, 5.74) is 6.02. The summed E-state index contributed by atoms with van der Waals surface area (Å²) in [5.74, 6) is -0.0416. The van der Waals surface area contributed by atoms with E-state index in [1.165, 1.54) is 16.4 Å². The van der Waals surface area contributed by atoms with Gasteiger partial charge in [0, 0.05) is 23.8 Å². The van der Waals surface area contributed by atoms with Gasteiger partial charge in [0.05, 0.1) is 15.5 Å². The highest BCUT2D eigenvalue weighted by molar-refractivity contribution is 9.10. The molecule has 1 aliphatic heterocycles. The van der Waals surface area contributed by atoms with Gasteiger partial charge in [-0.05, 0) is 47.3 Å². The summed E-state index contributed by atoms with van der Waals surface area (Å²) in [4.78, 5) is 0.0637. The number of aliphatic hydroxyl groups excluding tert-OH is 1. The molecule has 5 nitrogen and oxygen atoms in total. The normalized spacial score (nSPS) is 22.1. The van der Waals surface area contributed by atoms with E-state index in [1.807, 2.05) is 0 Å². The number of nitrogens with two attached hydrogens (primary N) is 1. The number of hydrogen-bond acceptors (Lipinski definition) is 4. The van der Waals surface area contributed by atoms with Gasteiger partial charge in [-0.2, -0.15) is 4.31 Å². The quantitative estimate of drug-likeness (QED) is 0.783. The van der Waals surface area contributed by atoms with Crippen LogP contribution < -0.4 is 5.73 Å². The average molecular weight is 384 g/mol. The van der Waals surface area contributed by atoms with Crippen LogP contribution in [0.2, 0.25) is 5.02 Å². The zero-order valence-electron chi connectivity index (χ0n) is 10.9. The molecule has 1 fully saturated rings. The second-order valence-corrected chi connectivity index (χ2v) is 8.10. The van der Waals surface area contributed by atoms with Crippen LogP contribution in [0.25, 0.3) is 0 Å². The summed E-state index contributed by atoms with van der Waals surface area (Å²) in [6.45, 7) is 2.36. The SMILES string of the molecule is CC(O)C1CCN(S(=O)(=O)c2cc(Cl)cc(N)c2Br)C1. The molecular weight excluding hydrogens is 368 g/mol. The molecule has 0 aromatic heterocycles. The average Bonchev–Trinajstić information content (AvgIpc) is 2.83. The number of hydrogen-bond donors (Lipinski definition) is 2. The van der Waals surface area contributed by atoms with E-state index < -0.39 is 16.1 Å². The third kappa shape index (κ3) is 2.96. The van der Waals surface area contributed by atoms with Crippen LogP contribution in [0.4, 0.5) is 5.69 Å². The lowest BCUT2D eigenvalue weighted by Gasteiger charge is -2.19. The fourth-order valence-corrected chi connectivity index (χ4v) is 5.04. The Morgan fingerprint density at radius 2 is 2.20 bits per heavy atom. The first-order valence-corrected chi connectivity index (χ1v) is 8.77. The molecule has 3 N–H and O–H groups in total. The van der Waals surface area contributed by atoms with Crippen LogP contribution in [0.5, 0.6) is 0 Å². The summed E-state index contributed by atoms with van der Waals surface area (Å²) in [5, 5.41) is 9.85. The Labute approximate surface area is 131 Å². The zero-order valence-corrected chi connectivity index (χ0v) is 14.0. The first kappa shape index (κ1) is 16.0. The van der Waals surface area contributed by atoms with Gasteiger partial charge in [-0.1, -0.05) is 11.6 Å². The lowest BCUT2D eigenvalue weighted by Crippen LogP contribution is -2.30. The minimum Gasteiger partial charge on any atom is -0.398 e. The van der Waals surface area contributed by atoms with Crippen molar-refractivity contribution in [1.29, 1.82) is 0 Å². The lowest BCUT2D eigenvalue weighted by atomic mass is 10.0. The minimum absolute atomic E-state index is 0.0416. The van der Waals surface area contributed by atoms with E-state index in [0.717, 1.165) is 0 Å². The van der Waals surface area contributed by atoms with Crippen LogP contribution in [-0.2, 0) is 10.0 Å². The second kappa shape index (κ2) is 5.81. The molecule has 2 atom stereocenters. The van der Waals surface area contributed by atoms with Crippen molar-refractivity contribution in [1.82, 2.24) is 4.31 Å². The highest BCUT2D eigenvalue weighted by Gasteiger charge is 2.35. The summed E-state index contributed by atoms with van der Waals surface area (Å²) in [6.07, 6.45) is 0.118. The number of nitrogen functional groups attached to an aromatic ring is 1. The number of rotatable bonds is 3. The van der Waals surface area contributed by atoms with Gasteiger partial charge in [-0.25, -0.2) is 8.42 Å². The standard InChI is InChI=1S/C12H16BrClN2O3S/c1-7(17)8-2-3-16(6-8)20(18,19)11-5-9(14)4-10(15)12(11)13/h4-5,7-8,17H,2-3,6,15H2,1H3. The Balaban J connectivity index is 2.37. The summed E-state index contributed by atoms with van der Waals surface area (Å²) in [7, 11) is -3.67. The van der Waals surface area contributed by atoms with Crippen molar-refractivity contribution in [2.45, 2.75) is 24.3 Å². The van der Waals surface area contributed by atoms with Gasteiger partial charge < -0.3 is 10.8 Å². The Hall–Kier alpha value is -0.340. The van der Waals surface area contributed by atoms with E-state index in [4.69, 9.17) is 17.3 Å². The molecule has 112 valence electrons. The van der Waals surface area contributed by atoms with Gasteiger partial charge in [-0.15, -0.1) is 0 Å². The van der Waals surface area contributed by atoms with Crippen molar-refractivity contribution in [3.63, 3.8) is 0 Å². The molecule has 1 aliphatic rings. The van der Waals surface area contributed by atoms with E-state index in [2.05, 4.69) is 15.9 Å². The lowest BCUT2D eigenvalue weighted by molar-refractivity contribution is 0.133. The van der Waals surface area contributed by atoms with Gasteiger partial charge in [0.15, 0.2) is 0 Å². The predicted octanol–water partition coefficient (Wildman–Crippen LogP) is 2.08. The monoisotopic (exact) mass is 382 g/mol. The Morgan fingerprint density at radius 1 is 1.55 bits per heavy atom. The Kier molecular flexibility index (Phi) is 4.66. The van der Waals surface area contributed by atoms with Gasteiger partial charge in [-0.3, -0.25) is 0 Å². The summed E-state index contributed by atoms with van der Waals surface area (Å²) < 4.78 is 26.9. The highest BCUT2D eigenvalue weighted by Crippen LogP contribution is 2.35. The van der Waals surface area contributed by atoms with Gasteiger partial charge >= 0.3 is 0 Å². The number of sulfonamides is 1. The van der Waals surface area contributed by atoms with E-state index in [9.17, 15) is 13.5 Å². The predicted molar refractivity (Wildman–Crippen MR) is 82.1 cm³/mol. The van der Waals surface area contributed by atoms with E-state index >= 15 is 0 Å². The number of halogens is 2. The molecule has 0 aliphatic carbocycles. The molecule has 20 heavy (non-hydrogen) atoms. The van der Waals surface area contributed by atoms with Crippen LogP contribution in [0, 0.1) is 5.92 Å². The molecule has 0 bridgehead atoms. The van der Waals surface area contributed by atoms with Gasteiger partial charge in [0.1, 0.15) is 0 Å². The van der Waals surface area contributed by atoms with E-state index in [0.29, 0.717) is 24.0 Å². The van der Waals surface area contributed by atoms with E-state index in [1.54, 1.807) is 6.92 Å². The molecule has 1 aromatic carbocycles. The van der Waals surface area contributed by atoms with Crippen molar-refractivity contribution in [2.24, 2.45) is 5.92 Å². The molecule has 1 heterocycles. The summed E-state index contributed by atoms with van der Waals surface area (Å²) >= 11 is 9.09. The van der Waals surface area contributed by atoms with Crippen LogP contribution in [-0.4, -0.2) is 37.0 Å². The molecular formula is C12H16BrClN2O3S. The number of benzene rings is 1. The maximum Gasteiger partial charge on any atom is 0.244 e. The second-order valence-electron chi connectivity index (χ2n) is 4.96.